The first-order valence-corrected chi connectivity index (χ1v) is 10.1. The van der Waals surface area contributed by atoms with Crippen LogP contribution in [0.25, 0.3) is 11.3 Å². The summed E-state index contributed by atoms with van der Waals surface area (Å²) in [5, 5.41) is 9.91. The molecule has 1 aliphatic carbocycles. The molecule has 7 nitrogen and oxygen atoms in total. The Morgan fingerprint density at radius 1 is 1.30 bits per heavy atom. The van der Waals surface area contributed by atoms with Crippen LogP contribution in [0.5, 0.6) is 5.75 Å². The number of aryl methyl sites for hydroxylation is 2. The Morgan fingerprint density at radius 2 is 2.13 bits per heavy atom. The molecule has 2 N–H and O–H groups in total. The van der Waals surface area contributed by atoms with E-state index in [9.17, 15) is 9.18 Å². The van der Waals surface area contributed by atoms with Gasteiger partial charge in [0, 0.05) is 35.4 Å². The van der Waals surface area contributed by atoms with E-state index in [0.29, 0.717) is 47.3 Å². The smallest absolute Gasteiger partial charge is 0.271 e. The van der Waals surface area contributed by atoms with Crippen molar-refractivity contribution in [3.8, 4) is 17.0 Å². The lowest BCUT2D eigenvalue weighted by molar-refractivity contribution is 0.0928. The molecule has 30 heavy (non-hydrogen) atoms. The van der Waals surface area contributed by atoms with E-state index in [4.69, 9.17) is 4.74 Å². The zero-order valence-corrected chi connectivity index (χ0v) is 16.8. The van der Waals surface area contributed by atoms with Gasteiger partial charge in [0.15, 0.2) is 0 Å². The predicted octanol–water partition coefficient (Wildman–Crippen LogP) is 3.23. The van der Waals surface area contributed by atoms with Crippen molar-refractivity contribution in [1.29, 1.82) is 0 Å². The van der Waals surface area contributed by atoms with Crippen molar-refractivity contribution >= 4 is 5.91 Å². The van der Waals surface area contributed by atoms with Gasteiger partial charge in [0.1, 0.15) is 23.4 Å². The van der Waals surface area contributed by atoms with E-state index in [1.807, 2.05) is 19.9 Å². The molecule has 0 spiro atoms. The average molecular weight is 407 g/mol. The fourth-order valence-corrected chi connectivity index (χ4v) is 3.83. The molecule has 154 valence electrons. The van der Waals surface area contributed by atoms with E-state index < -0.39 is 0 Å². The van der Waals surface area contributed by atoms with Crippen LogP contribution < -0.4 is 10.1 Å². The summed E-state index contributed by atoms with van der Waals surface area (Å²) in [6, 6.07) is 4.72. The number of nitrogens with zero attached hydrogens (tertiary/aromatic N) is 3. The maximum absolute atomic E-state index is 14.3. The molecule has 2 aromatic heterocycles. The second kappa shape index (κ2) is 7.19. The van der Waals surface area contributed by atoms with E-state index >= 15 is 0 Å². The average Bonchev–Trinajstić information content (AvgIpc) is 3.30. The van der Waals surface area contributed by atoms with Gasteiger partial charge in [-0.15, -0.1) is 0 Å². The number of amides is 1. The van der Waals surface area contributed by atoms with Crippen molar-refractivity contribution in [3.63, 3.8) is 0 Å². The number of hydrogen-bond acceptors (Lipinski definition) is 5. The maximum atomic E-state index is 14.3. The number of benzene rings is 1. The Balaban J connectivity index is 1.32. The summed E-state index contributed by atoms with van der Waals surface area (Å²) in [7, 11) is 0. The van der Waals surface area contributed by atoms with E-state index in [-0.39, 0.29) is 17.8 Å². The first kappa shape index (κ1) is 18.7. The fourth-order valence-electron chi connectivity index (χ4n) is 3.83. The Hall–Kier alpha value is -3.29. The molecule has 0 radical (unpaired) electrons. The number of carbonyl (C=O) groups is 1. The highest BCUT2D eigenvalue weighted by Crippen LogP contribution is 2.40. The predicted molar refractivity (Wildman–Crippen MR) is 108 cm³/mol. The summed E-state index contributed by atoms with van der Waals surface area (Å²) in [6.45, 7) is 3.99. The summed E-state index contributed by atoms with van der Waals surface area (Å²) in [4.78, 5) is 21.3. The normalized spacial score (nSPS) is 17.5. The lowest BCUT2D eigenvalue weighted by atomic mass is 10.0. The van der Waals surface area contributed by atoms with Gasteiger partial charge in [-0.05, 0) is 44.9 Å². The third-order valence-electron chi connectivity index (χ3n) is 5.53. The molecule has 5 rings (SSSR count). The van der Waals surface area contributed by atoms with Gasteiger partial charge in [-0.1, -0.05) is 0 Å². The van der Waals surface area contributed by atoms with Gasteiger partial charge < -0.3 is 10.1 Å². The Bertz CT molecular complexity index is 1140. The van der Waals surface area contributed by atoms with Crippen LogP contribution in [0.2, 0.25) is 0 Å². The summed E-state index contributed by atoms with van der Waals surface area (Å²) < 4.78 is 20.4. The Kier molecular flexibility index (Phi) is 4.49. The molecule has 3 heterocycles. The summed E-state index contributed by atoms with van der Waals surface area (Å²) in [5.74, 6) is 0.524. The molecule has 8 heteroatoms. The monoisotopic (exact) mass is 407 g/mol. The van der Waals surface area contributed by atoms with Crippen LogP contribution in [-0.4, -0.2) is 38.7 Å². The minimum atomic E-state index is -0.344. The summed E-state index contributed by atoms with van der Waals surface area (Å²) in [5.41, 5.74) is 4.82. The number of aromatic nitrogens is 4. The van der Waals surface area contributed by atoms with Gasteiger partial charge in [0.05, 0.1) is 23.6 Å². The highest BCUT2D eigenvalue weighted by molar-refractivity contribution is 5.92. The molecule has 1 amide bonds. The number of nitrogens with one attached hydrogen (secondary N) is 2. The van der Waals surface area contributed by atoms with Gasteiger partial charge in [-0.25, -0.2) is 9.37 Å². The van der Waals surface area contributed by atoms with Crippen LogP contribution in [0.15, 0.2) is 24.4 Å². The largest absolute Gasteiger partial charge is 0.487 e. The van der Waals surface area contributed by atoms with Crippen molar-refractivity contribution in [1.82, 2.24) is 25.5 Å². The highest BCUT2D eigenvalue weighted by atomic mass is 19.1. The number of carbonyl (C=O) groups excluding carboxylic acids is 1. The number of halogens is 1. The van der Waals surface area contributed by atoms with Gasteiger partial charge in [0.25, 0.3) is 5.91 Å². The van der Waals surface area contributed by atoms with Gasteiger partial charge in [0.2, 0.25) is 0 Å². The number of rotatable bonds is 5. The molecule has 1 atom stereocenters. The molecule has 3 aromatic rings. The van der Waals surface area contributed by atoms with Crippen molar-refractivity contribution < 1.29 is 13.9 Å². The number of hydrogen-bond donors (Lipinski definition) is 2. The third-order valence-corrected chi connectivity index (χ3v) is 5.53. The molecular weight excluding hydrogens is 385 g/mol. The van der Waals surface area contributed by atoms with Crippen molar-refractivity contribution in [2.75, 3.05) is 6.54 Å². The lowest BCUT2D eigenvalue weighted by Crippen LogP contribution is -2.34. The number of aromatic amines is 1. The maximum Gasteiger partial charge on any atom is 0.271 e. The standard InChI is InChI=1S/C22H22FN5O2/c1-11-9-24-12(2)20(26-11)17-7-15(23)5-14-6-16(30-21(14)17)10-25-22(29)19-8-18(27-28-19)13-3-4-13/h5,7-9,13,16H,3-4,6,10H2,1-2H3,(H,25,29)(H,27,28)/t16-/m1/s1. The SMILES string of the molecule is Cc1cnc(C)c(-c2cc(F)cc3c2O[C@@H](CNC(=O)c2cc(C4CC4)[nH]n2)C3)n1. The van der Waals surface area contributed by atoms with E-state index in [2.05, 4.69) is 25.5 Å². The van der Waals surface area contributed by atoms with E-state index in [1.165, 1.54) is 12.1 Å². The second-order valence-electron chi connectivity index (χ2n) is 8.02. The lowest BCUT2D eigenvalue weighted by Gasteiger charge is -2.14. The van der Waals surface area contributed by atoms with E-state index in [1.54, 1.807) is 6.20 Å². The molecule has 1 saturated carbocycles. The van der Waals surface area contributed by atoms with Crippen LogP contribution >= 0.6 is 0 Å². The minimum Gasteiger partial charge on any atom is -0.487 e. The number of ether oxygens (including phenoxy) is 1. The summed E-state index contributed by atoms with van der Waals surface area (Å²) in [6.07, 6.45) is 4.18. The fraction of sp³-hybridized carbons (Fsp3) is 0.364. The van der Waals surface area contributed by atoms with Crippen molar-refractivity contribution in [3.05, 3.63) is 58.6 Å². The zero-order valence-electron chi connectivity index (χ0n) is 16.8. The molecule has 0 unspecified atom stereocenters. The summed E-state index contributed by atoms with van der Waals surface area (Å²) >= 11 is 0. The minimum absolute atomic E-state index is 0.246. The molecule has 0 bridgehead atoms. The second-order valence-corrected chi connectivity index (χ2v) is 8.02. The Morgan fingerprint density at radius 3 is 2.93 bits per heavy atom. The first-order valence-electron chi connectivity index (χ1n) is 10.1. The zero-order chi connectivity index (χ0) is 20.8. The first-order chi connectivity index (χ1) is 14.5. The third kappa shape index (κ3) is 3.53. The van der Waals surface area contributed by atoms with Gasteiger partial charge in [-0.2, -0.15) is 5.10 Å². The van der Waals surface area contributed by atoms with Gasteiger partial charge >= 0.3 is 0 Å². The van der Waals surface area contributed by atoms with E-state index in [0.717, 1.165) is 29.8 Å². The van der Waals surface area contributed by atoms with Crippen LogP contribution in [0.4, 0.5) is 4.39 Å². The molecule has 2 aliphatic rings. The van der Waals surface area contributed by atoms with Crippen LogP contribution in [-0.2, 0) is 6.42 Å². The van der Waals surface area contributed by atoms with Crippen molar-refractivity contribution in [2.45, 2.75) is 45.1 Å². The number of fused-ring (bicyclic) bond motifs is 1. The van der Waals surface area contributed by atoms with Crippen molar-refractivity contribution in [2.24, 2.45) is 0 Å². The molecule has 1 aromatic carbocycles. The quantitative estimate of drug-likeness (QED) is 0.677. The number of H-pyrrole nitrogens is 1. The van der Waals surface area contributed by atoms with Crippen LogP contribution in [0.1, 0.15) is 51.9 Å². The van der Waals surface area contributed by atoms with Crippen LogP contribution in [0.3, 0.4) is 0 Å². The molecule has 1 fully saturated rings. The van der Waals surface area contributed by atoms with Crippen LogP contribution in [0, 0.1) is 19.7 Å². The molecule has 0 saturated heterocycles. The Labute approximate surface area is 173 Å². The molecular formula is C22H22FN5O2. The highest BCUT2D eigenvalue weighted by Gasteiger charge is 2.30. The molecule has 1 aliphatic heterocycles. The van der Waals surface area contributed by atoms with Gasteiger partial charge in [-0.3, -0.25) is 14.9 Å². The topological polar surface area (TPSA) is 92.8 Å².